The van der Waals surface area contributed by atoms with Crippen LogP contribution in [0.25, 0.3) is 22.2 Å². The van der Waals surface area contributed by atoms with Gasteiger partial charge in [0.15, 0.2) is 0 Å². The molecule has 3 aromatic rings. The smallest absolute Gasteiger partial charge is 0.137 e. The zero-order valence-corrected chi connectivity index (χ0v) is 10.1. The second-order valence-electron chi connectivity index (χ2n) is 4.32. The van der Waals surface area contributed by atoms with Crippen molar-refractivity contribution in [3.8, 4) is 11.1 Å². The highest BCUT2D eigenvalue weighted by Crippen LogP contribution is 2.23. The predicted octanol–water partition coefficient (Wildman–Crippen LogP) is 3.93. The van der Waals surface area contributed by atoms with Gasteiger partial charge in [-0.1, -0.05) is 19.1 Å². The van der Waals surface area contributed by atoms with Crippen LogP contribution in [0.4, 0.5) is 4.39 Å². The van der Waals surface area contributed by atoms with E-state index in [0.29, 0.717) is 0 Å². The minimum atomic E-state index is -0.226. The maximum absolute atomic E-state index is 13.2. The van der Waals surface area contributed by atoms with Crippen LogP contribution in [-0.4, -0.2) is 9.97 Å². The van der Waals surface area contributed by atoms with Crippen molar-refractivity contribution in [1.82, 2.24) is 9.97 Å². The molecule has 2 heterocycles. The number of benzene rings is 1. The first-order valence-corrected chi connectivity index (χ1v) is 6.00. The van der Waals surface area contributed by atoms with Gasteiger partial charge in [0.25, 0.3) is 0 Å². The van der Waals surface area contributed by atoms with Gasteiger partial charge in [0, 0.05) is 22.8 Å². The second kappa shape index (κ2) is 4.26. The number of halogens is 1. The van der Waals surface area contributed by atoms with E-state index in [1.807, 2.05) is 12.1 Å². The molecule has 0 bridgehead atoms. The van der Waals surface area contributed by atoms with E-state index in [4.69, 9.17) is 0 Å². The van der Waals surface area contributed by atoms with Crippen molar-refractivity contribution >= 4 is 11.0 Å². The van der Waals surface area contributed by atoms with Gasteiger partial charge in [-0.15, -0.1) is 0 Å². The quantitative estimate of drug-likeness (QED) is 0.722. The second-order valence-corrected chi connectivity index (χ2v) is 4.32. The SMILES string of the molecule is CCc1cc2cc(-c3cccc(F)c3)cnc2[nH]1. The first kappa shape index (κ1) is 11.0. The first-order valence-electron chi connectivity index (χ1n) is 6.00. The van der Waals surface area contributed by atoms with Gasteiger partial charge in [-0.25, -0.2) is 9.37 Å². The number of H-pyrrole nitrogens is 1. The van der Waals surface area contributed by atoms with Crippen LogP contribution in [-0.2, 0) is 6.42 Å². The van der Waals surface area contributed by atoms with E-state index >= 15 is 0 Å². The molecule has 2 aromatic heterocycles. The molecule has 0 amide bonds. The van der Waals surface area contributed by atoms with Crippen LogP contribution in [0, 0.1) is 5.82 Å². The van der Waals surface area contributed by atoms with Gasteiger partial charge in [0.1, 0.15) is 11.5 Å². The van der Waals surface area contributed by atoms with Crippen LogP contribution >= 0.6 is 0 Å². The summed E-state index contributed by atoms with van der Waals surface area (Å²) in [6.45, 7) is 2.10. The molecule has 2 nitrogen and oxygen atoms in total. The summed E-state index contributed by atoms with van der Waals surface area (Å²) in [4.78, 5) is 7.63. The molecule has 1 N–H and O–H groups in total. The van der Waals surface area contributed by atoms with Crippen molar-refractivity contribution < 1.29 is 4.39 Å². The largest absolute Gasteiger partial charge is 0.343 e. The number of nitrogens with one attached hydrogen (secondary N) is 1. The van der Waals surface area contributed by atoms with Gasteiger partial charge in [-0.2, -0.15) is 0 Å². The Balaban J connectivity index is 2.12. The summed E-state index contributed by atoms with van der Waals surface area (Å²) in [5.74, 6) is -0.226. The van der Waals surface area contributed by atoms with E-state index in [2.05, 4.69) is 23.0 Å². The Morgan fingerprint density at radius 1 is 1.17 bits per heavy atom. The molecule has 0 aliphatic rings. The normalized spacial score (nSPS) is 11.0. The number of aryl methyl sites for hydroxylation is 1. The zero-order chi connectivity index (χ0) is 12.5. The highest BCUT2D eigenvalue weighted by atomic mass is 19.1. The third kappa shape index (κ3) is 1.88. The van der Waals surface area contributed by atoms with Crippen LogP contribution < -0.4 is 0 Å². The van der Waals surface area contributed by atoms with Crippen molar-refractivity contribution in [3.05, 3.63) is 54.1 Å². The molecule has 0 atom stereocenters. The molecule has 0 radical (unpaired) electrons. The lowest BCUT2D eigenvalue weighted by molar-refractivity contribution is 0.628. The molecule has 18 heavy (non-hydrogen) atoms. The highest BCUT2D eigenvalue weighted by molar-refractivity contribution is 5.82. The lowest BCUT2D eigenvalue weighted by atomic mass is 10.1. The average molecular weight is 240 g/mol. The Bertz CT molecular complexity index is 701. The summed E-state index contributed by atoms with van der Waals surface area (Å²) in [5, 5.41) is 1.06. The molecule has 0 spiro atoms. The fourth-order valence-corrected chi connectivity index (χ4v) is 2.09. The molecule has 90 valence electrons. The van der Waals surface area contributed by atoms with Crippen LogP contribution in [0.2, 0.25) is 0 Å². The van der Waals surface area contributed by atoms with Crippen LogP contribution in [0.3, 0.4) is 0 Å². The summed E-state index contributed by atoms with van der Waals surface area (Å²) in [6.07, 6.45) is 2.72. The van der Waals surface area contributed by atoms with Gasteiger partial charge in [0.05, 0.1) is 0 Å². The van der Waals surface area contributed by atoms with E-state index in [9.17, 15) is 4.39 Å². The Labute approximate surface area is 104 Å². The van der Waals surface area contributed by atoms with Gasteiger partial charge >= 0.3 is 0 Å². The van der Waals surface area contributed by atoms with E-state index in [-0.39, 0.29) is 5.82 Å². The lowest BCUT2D eigenvalue weighted by Gasteiger charge is -2.01. The summed E-state index contributed by atoms with van der Waals surface area (Å²) in [6, 6.07) is 10.7. The van der Waals surface area contributed by atoms with Crippen molar-refractivity contribution in [2.45, 2.75) is 13.3 Å². The fourth-order valence-electron chi connectivity index (χ4n) is 2.09. The molecule has 0 fully saturated rings. The molecule has 3 heteroatoms. The maximum atomic E-state index is 13.2. The van der Waals surface area contributed by atoms with Gasteiger partial charge < -0.3 is 4.98 Å². The summed E-state index contributed by atoms with van der Waals surface area (Å²) in [5.41, 5.74) is 3.83. The third-order valence-corrected chi connectivity index (χ3v) is 3.06. The molecule has 0 aliphatic carbocycles. The molecule has 3 rings (SSSR count). The molecule has 0 saturated carbocycles. The van der Waals surface area contributed by atoms with Crippen molar-refractivity contribution in [2.24, 2.45) is 0 Å². The third-order valence-electron chi connectivity index (χ3n) is 3.06. The van der Waals surface area contributed by atoms with E-state index in [1.54, 1.807) is 12.3 Å². The average Bonchev–Trinajstić information content (AvgIpc) is 2.80. The van der Waals surface area contributed by atoms with Gasteiger partial charge in [-0.05, 0) is 36.2 Å². The maximum Gasteiger partial charge on any atom is 0.137 e. The molecular weight excluding hydrogens is 227 g/mol. The van der Waals surface area contributed by atoms with Crippen molar-refractivity contribution in [3.63, 3.8) is 0 Å². The number of aromatic amines is 1. The van der Waals surface area contributed by atoms with Gasteiger partial charge in [-0.3, -0.25) is 0 Å². The van der Waals surface area contributed by atoms with Gasteiger partial charge in [0.2, 0.25) is 0 Å². The highest BCUT2D eigenvalue weighted by Gasteiger charge is 2.04. The Morgan fingerprint density at radius 3 is 2.83 bits per heavy atom. The summed E-state index contributed by atoms with van der Waals surface area (Å²) < 4.78 is 13.2. The minimum Gasteiger partial charge on any atom is -0.343 e. The molecule has 0 aliphatic heterocycles. The number of nitrogens with zero attached hydrogens (tertiary/aromatic N) is 1. The van der Waals surface area contributed by atoms with E-state index in [1.165, 1.54) is 12.1 Å². The van der Waals surface area contributed by atoms with E-state index < -0.39 is 0 Å². The summed E-state index contributed by atoms with van der Waals surface area (Å²) >= 11 is 0. The molecule has 0 saturated heterocycles. The van der Waals surface area contributed by atoms with Crippen molar-refractivity contribution in [2.75, 3.05) is 0 Å². The number of fused-ring (bicyclic) bond motifs is 1. The molecule has 1 aromatic carbocycles. The minimum absolute atomic E-state index is 0.226. The monoisotopic (exact) mass is 240 g/mol. The standard InChI is InChI=1S/C15H13FN2/c1-2-14-8-11-6-12(9-17-15(11)18-14)10-4-3-5-13(16)7-10/h3-9H,2H2,1H3,(H,17,18). The Kier molecular flexibility index (Phi) is 2.59. The van der Waals surface area contributed by atoms with Crippen LogP contribution in [0.1, 0.15) is 12.6 Å². The first-order chi connectivity index (χ1) is 8.76. The number of aromatic nitrogens is 2. The number of hydrogen-bond acceptors (Lipinski definition) is 1. The topological polar surface area (TPSA) is 28.7 Å². The van der Waals surface area contributed by atoms with Crippen LogP contribution in [0.5, 0.6) is 0 Å². The Morgan fingerprint density at radius 2 is 2.06 bits per heavy atom. The van der Waals surface area contributed by atoms with Crippen LogP contribution in [0.15, 0.2) is 42.6 Å². The van der Waals surface area contributed by atoms with Crippen molar-refractivity contribution in [1.29, 1.82) is 0 Å². The Hall–Kier alpha value is -2.16. The fraction of sp³-hybridized carbons (Fsp3) is 0.133. The summed E-state index contributed by atoms with van der Waals surface area (Å²) in [7, 11) is 0. The lowest BCUT2D eigenvalue weighted by Crippen LogP contribution is -1.83. The number of pyridine rings is 1. The predicted molar refractivity (Wildman–Crippen MR) is 70.9 cm³/mol. The molecule has 0 unspecified atom stereocenters. The zero-order valence-electron chi connectivity index (χ0n) is 10.1. The number of rotatable bonds is 2. The van der Waals surface area contributed by atoms with E-state index in [0.717, 1.165) is 34.3 Å². The molecular formula is C15H13FN2. The number of hydrogen-bond donors (Lipinski definition) is 1.